The Balaban J connectivity index is 3.41. The fourth-order valence-corrected chi connectivity index (χ4v) is 7.66. The van der Waals surface area contributed by atoms with Gasteiger partial charge in [0, 0.05) is 6.42 Å². The largest absolute Gasteiger partial charge is 0.394 e. The maximum Gasteiger partial charge on any atom is 0.220 e. The maximum atomic E-state index is 12.4. The molecule has 0 aromatic rings. The zero-order valence-corrected chi connectivity index (χ0v) is 36.4. The number of aliphatic hydroxyl groups excluding tert-OH is 3. The van der Waals surface area contributed by atoms with Crippen LogP contribution in [0.1, 0.15) is 258 Å². The van der Waals surface area contributed by atoms with Gasteiger partial charge >= 0.3 is 0 Å². The van der Waals surface area contributed by atoms with E-state index in [4.69, 9.17) is 0 Å². The first-order chi connectivity index (χ1) is 26.6. The highest BCUT2D eigenvalue weighted by Gasteiger charge is 2.26. The molecular weight excluding hydrogens is 667 g/mol. The zero-order valence-electron chi connectivity index (χ0n) is 36.4. The van der Waals surface area contributed by atoms with Crippen LogP contribution in [0.5, 0.6) is 0 Å². The van der Waals surface area contributed by atoms with E-state index in [2.05, 4.69) is 30.5 Å². The summed E-state index contributed by atoms with van der Waals surface area (Å²) in [6, 6.07) is -0.827. The number of carbonyl (C=O) groups is 1. The fraction of sp³-hybridized carbons (Fsp3) is 0.898. The van der Waals surface area contributed by atoms with Crippen molar-refractivity contribution >= 4 is 5.91 Å². The Hall–Kier alpha value is -1.17. The second kappa shape index (κ2) is 44.5. The highest BCUT2D eigenvalue weighted by atomic mass is 16.3. The summed E-state index contributed by atoms with van der Waals surface area (Å²) in [5.74, 6) is -0.157. The van der Waals surface area contributed by atoms with Gasteiger partial charge in [0.05, 0.1) is 18.8 Å². The third-order valence-electron chi connectivity index (χ3n) is 11.4. The normalized spacial score (nSPS) is 13.6. The van der Waals surface area contributed by atoms with Crippen molar-refractivity contribution < 1.29 is 20.1 Å². The van der Waals surface area contributed by atoms with Gasteiger partial charge in [0.15, 0.2) is 0 Å². The predicted molar refractivity (Wildman–Crippen MR) is 236 cm³/mol. The van der Waals surface area contributed by atoms with Crippen LogP contribution in [0, 0.1) is 0 Å². The standard InChI is InChI=1S/C49H95NO4/c1-3-5-7-9-11-13-14-15-16-17-18-19-20-21-22-23-24-25-26-27-28-29-30-31-32-33-34-35-36-38-40-42-44-48(53)50-46(45-51)49(54)47(52)43-41-39-37-12-10-8-6-4-2/h4,6,12,37,46-47,49,51-52,54H,3,5,7-11,13-36,38-45H2,1-2H3,(H,50,53)/b6-4+,37-12+. The average molecular weight is 762 g/mol. The lowest BCUT2D eigenvalue weighted by atomic mass is 10.0. The number of amides is 1. The zero-order chi connectivity index (χ0) is 39.4. The van der Waals surface area contributed by atoms with Crippen LogP contribution < -0.4 is 5.32 Å². The number of hydrogen-bond donors (Lipinski definition) is 4. The molecule has 0 heterocycles. The van der Waals surface area contributed by atoms with E-state index in [9.17, 15) is 20.1 Å². The topological polar surface area (TPSA) is 89.8 Å². The van der Waals surface area contributed by atoms with E-state index in [1.807, 2.05) is 13.0 Å². The van der Waals surface area contributed by atoms with Crippen LogP contribution in [0.15, 0.2) is 24.3 Å². The van der Waals surface area contributed by atoms with Gasteiger partial charge in [0.2, 0.25) is 5.91 Å². The molecule has 5 nitrogen and oxygen atoms in total. The van der Waals surface area contributed by atoms with E-state index < -0.39 is 18.2 Å². The van der Waals surface area contributed by atoms with Crippen LogP contribution in [0.2, 0.25) is 0 Å². The Bertz CT molecular complexity index is 799. The summed E-state index contributed by atoms with van der Waals surface area (Å²) in [4.78, 5) is 12.4. The molecule has 0 aliphatic rings. The quantitative estimate of drug-likeness (QED) is 0.0368. The lowest BCUT2D eigenvalue weighted by Crippen LogP contribution is -2.50. The first kappa shape index (κ1) is 52.8. The van der Waals surface area contributed by atoms with Crippen LogP contribution in [-0.2, 0) is 4.79 Å². The Morgan fingerprint density at radius 1 is 0.481 bits per heavy atom. The van der Waals surface area contributed by atoms with Gasteiger partial charge in [0.1, 0.15) is 6.10 Å². The number of hydrogen-bond acceptors (Lipinski definition) is 4. The van der Waals surface area contributed by atoms with Crippen molar-refractivity contribution in [2.24, 2.45) is 0 Å². The molecule has 0 radical (unpaired) electrons. The molecule has 0 aliphatic carbocycles. The number of allylic oxidation sites excluding steroid dienone is 4. The van der Waals surface area contributed by atoms with E-state index in [0.29, 0.717) is 12.8 Å². The van der Waals surface area contributed by atoms with Crippen molar-refractivity contribution in [3.05, 3.63) is 24.3 Å². The molecule has 54 heavy (non-hydrogen) atoms. The van der Waals surface area contributed by atoms with E-state index in [0.717, 1.165) is 44.9 Å². The monoisotopic (exact) mass is 762 g/mol. The van der Waals surface area contributed by atoms with E-state index in [-0.39, 0.29) is 12.5 Å². The molecule has 0 spiro atoms. The van der Waals surface area contributed by atoms with Gasteiger partial charge in [-0.05, 0) is 45.4 Å². The van der Waals surface area contributed by atoms with Gasteiger partial charge in [-0.1, -0.05) is 230 Å². The molecule has 1 amide bonds. The van der Waals surface area contributed by atoms with Gasteiger partial charge in [-0.3, -0.25) is 4.79 Å². The second-order valence-corrected chi connectivity index (χ2v) is 16.7. The Morgan fingerprint density at radius 3 is 1.17 bits per heavy atom. The number of aliphatic hydroxyl groups is 3. The molecule has 0 saturated heterocycles. The fourth-order valence-electron chi connectivity index (χ4n) is 7.66. The summed E-state index contributed by atoms with van der Waals surface area (Å²) in [5.41, 5.74) is 0. The number of rotatable bonds is 44. The van der Waals surface area contributed by atoms with Crippen molar-refractivity contribution in [3.63, 3.8) is 0 Å². The third-order valence-corrected chi connectivity index (χ3v) is 11.4. The summed E-state index contributed by atoms with van der Waals surface area (Å²) in [6.07, 6.45) is 55.1. The molecule has 0 saturated carbocycles. The average Bonchev–Trinajstić information content (AvgIpc) is 3.18. The molecule has 5 heteroatoms. The number of carbonyl (C=O) groups excluding carboxylic acids is 1. The van der Waals surface area contributed by atoms with Gasteiger partial charge in [-0.2, -0.15) is 0 Å². The van der Waals surface area contributed by atoms with Crippen molar-refractivity contribution in [2.45, 2.75) is 276 Å². The minimum Gasteiger partial charge on any atom is -0.394 e. The van der Waals surface area contributed by atoms with Gasteiger partial charge in [-0.25, -0.2) is 0 Å². The Labute approximate surface area is 337 Å². The minimum atomic E-state index is -1.16. The van der Waals surface area contributed by atoms with E-state index >= 15 is 0 Å². The van der Waals surface area contributed by atoms with E-state index in [1.54, 1.807) is 0 Å². The smallest absolute Gasteiger partial charge is 0.220 e. The van der Waals surface area contributed by atoms with Crippen molar-refractivity contribution in [1.82, 2.24) is 5.32 Å². The molecule has 0 aliphatic heterocycles. The molecule has 3 atom stereocenters. The summed E-state index contributed by atoms with van der Waals surface area (Å²) in [6.45, 7) is 3.94. The van der Waals surface area contributed by atoms with Gasteiger partial charge in [0.25, 0.3) is 0 Å². The summed E-state index contributed by atoms with van der Waals surface area (Å²) in [5, 5.41) is 33.3. The molecule has 3 unspecified atom stereocenters. The Kier molecular flexibility index (Phi) is 43.6. The van der Waals surface area contributed by atoms with Crippen LogP contribution in [0.4, 0.5) is 0 Å². The molecule has 0 bridgehead atoms. The molecule has 0 fully saturated rings. The number of unbranched alkanes of at least 4 members (excludes halogenated alkanes) is 33. The van der Waals surface area contributed by atoms with Crippen molar-refractivity contribution in [3.8, 4) is 0 Å². The summed E-state index contributed by atoms with van der Waals surface area (Å²) >= 11 is 0. The van der Waals surface area contributed by atoms with Gasteiger partial charge < -0.3 is 20.6 Å². The van der Waals surface area contributed by atoms with E-state index in [1.165, 1.54) is 186 Å². The Morgan fingerprint density at radius 2 is 0.815 bits per heavy atom. The molecule has 0 aromatic carbocycles. The highest BCUT2D eigenvalue weighted by Crippen LogP contribution is 2.17. The molecule has 4 N–H and O–H groups in total. The van der Waals surface area contributed by atoms with Crippen molar-refractivity contribution in [2.75, 3.05) is 6.61 Å². The second-order valence-electron chi connectivity index (χ2n) is 16.7. The maximum absolute atomic E-state index is 12.4. The first-order valence-electron chi connectivity index (χ1n) is 24.1. The lowest BCUT2D eigenvalue weighted by Gasteiger charge is -2.26. The van der Waals surface area contributed by atoms with Crippen LogP contribution in [-0.4, -0.2) is 46.1 Å². The first-order valence-corrected chi connectivity index (χ1v) is 24.1. The molecular formula is C49H95NO4. The highest BCUT2D eigenvalue weighted by molar-refractivity contribution is 5.76. The van der Waals surface area contributed by atoms with Crippen LogP contribution in [0.3, 0.4) is 0 Å². The van der Waals surface area contributed by atoms with Crippen molar-refractivity contribution in [1.29, 1.82) is 0 Å². The summed E-state index contributed by atoms with van der Waals surface area (Å²) in [7, 11) is 0. The predicted octanol–water partition coefficient (Wildman–Crippen LogP) is 14.2. The number of nitrogens with one attached hydrogen (secondary N) is 1. The minimum absolute atomic E-state index is 0.157. The van der Waals surface area contributed by atoms with Gasteiger partial charge in [-0.15, -0.1) is 0 Å². The summed E-state index contributed by atoms with van der Waals surface area (Å²) < 4.78 is 0. The SMILES string of the molecule is C/C=C/CC/C=C/CCCC(O)C(O)C(CO)NC(=O)CCCCCCCCCCCCCCCCCCCCCCCCCCCCCCCCCC. The lowest BCUT2D eigenvalue weighted by molar-refractivity contribution is -0.124. The molecule has 320 valence electrons. The third kappa shape index (κ3) is 39.1. The van der Waals surface area contributed by atoms with Crippen LogP contribution >= 0.6 is 0 Å². The molecule has 0 aromatic heterocycles. The van der Waals surface area contributed by atoms with Crippen LogP contribution in [0.25, 0.3) is 0 Å². The molecule has 0 rings (SSSR count).